The van der Waals surface area contributed by atoms with Gasteiger partial charge in [-0.15, -0.1) is 0 Å². The van der Waals surface area contributed by atoms with Gasteiger partial charge in [-0.05, 0) is 42.3 Å². The monoisotopic (exact) mass is 397 g/mol. The van der Waals surface area contributed by atoms with Crippen LogP contribution in [0.25, 0.3) is 10.2 Å². The number of hydrogen-bond acceptors (Lipinski definition) is 6. The van der Waals surface area contributed by atoms with Gasteiger partial charge in [0.2, 0.25) is 0 Å². The van der Waals surface area contributed by atoms with E-state index in [1.807, 2.05) is 30.3 Å². The number of morpholine rings is 1. The van der Waals surface area contributed by atoms with Crippen LogP contribution < -0.4 is 15.0 Å². The second kappa shape index (κ2) is 8.58. The maximum absolute atomic E-state index is 12.2. The molecule has 4 rings (SSSR count). The van der Waals surface area contributed by atoms with E-state index in [-0.39, 0.29) is 12.5 Å². The topological polar surface area (TPSA) is 63.7 Å². The molecule has 0 bridgehead atoms. The van der Waals surface area contributed by atoms with Crippen molar-refractivity contribution in [2.75, 3.05) is 43.1 Å². The highest BCUT2D eigenvalue weighted by Gasteiger charge is 2.14. The Bertz CT molecular complexity index is 949. The Labute approximate surface area is 168 Å². The van der Waals surface area contributed by atoms with Crippen molar-refractivity contribution in [2.24, 2.45) is 0 Å². The minimum absolute atomic E-state index is 0.0412. The van der Waals surface area contributed by atoms with Gasteiger partial charge in [-0.3, -0.25) is 10.1 Å². The molecule has 0 unspecified atom stereocenters. The van der Waals surface area contributed by atoms with E-state index in [0.717, 1.165) is 48.6 Å². The van der Waals surface area contributed by atoms with Gasteiger partial charge in [-0.2, -0.15) is 0 Å². The Morgan fingerprint density at radius 2 is 2.00 bits per heavy atom. The quantitative estimate of drug-likeness (QED) is 0.687. The molecule has 6 nitrogen and oxygen atoms in total. The molecule has 1 amide bonds. The molecule has 1 N–H and O–H groups in total. The van der Waals surface area contributed by atoms with Crippen molar-refractivity contribution in [3.05, 3.63) is 48.0 Å². The van der Waals surface area contributed by atoms with E-state index in [0.29, 0.717) is 10.9 Å². The average molecular weight is 398 g/mol. The lowest BCUT2D eigenvalue weighted by atomic mass is 10.2. The van der Waals surface area contributed by atoms with Crippen LogP contribution in [-0.4, -0.2) is 43.8 Å². The summed E-state index contributed by atoms with van der Waals surface area (Å²) in [5.74, 6) is 0.471. The molecule has 2 aromatic carbocycles. The molecule has 2 heterocycles. The van der Waals surface area contributed by atoms with Gasteiger partial charge in [-0.1, -0.05) is 30.4 Å². The molecule has 0 radical (unpaired) electrons. The number of rotatable bonds is 6. The number of carbonyl (C=O) groups is 1. The first-order valence-electron chi connectivity index (χ1n) is 9.46. The first-order chi connectivity index (χ1) is 13.7. The molecule has 1 fully saturated rings. The normalized spacial score (nSPS) is 14.2. The van der Waals surface area contributed by atoms with Gasteiger partial charge >= 0.3 is 0 Å². The fourth-order valence-electron chi connectivity index (χ4n) is 3.11. The number of aryl methyl sites for hydroxylation is 1. The number of fused-ring (bicyclic) bond motifs is 1. The third kappa shape index (κ3) is 4.43. The van der Waals surface area contributed by atoms with Gasteiger partial charge in [0.15, 0.2) is 11.7 Å². The minimum atomic E-state index is -0.216. The highest BCUT2D eigenvalue weighted by Crippen LogP contribution is 2.30. The molecular weight excluding hydrogens is 374 g/mol. The van der Waals surface area contributed by atoms with Crippen LogP contribution in [0, 0.1) is 0 Å². The van der Waals surface area contributed by atoms with E-state index >= 15 is 0 Å². The van der Waals surface area contributed by atoms with E-state index in [2.05, 4.69) is 34.3 Å². The lowest BCUT2D eigenvalue weighted by molar-refractivity contribution is -0.118. The molecule has 1 aliphatic rings. The number of nitrogens with one attached hydrogen (secondary N) is 1. The lowest BCUT2D eigenvalue weighted by Gasteiger charge is -2.28. The summed E-state index contributed by atoms with van der Waals surface area (Å²) in [6, 6.07) is 14.0. The Kier molecular flexibility index (Phi) is 5.73. The van der Waals surface area contributed by atoms with Crippen LogP contribution in [0.5, 0.6) is 5.75 Å². The van der Waals surface area contributed by atoms with Crippen molar-refractivity contribution >= 4 is 38.3 Å². The van der Waals surface area contributed by atoms with E-state index in [1.54, 1.807) is 0 Å². The molecule has 1 saturated heterocycles. The molecule has 0 aliphatic carbocycles. The van der Waals surface area contributed by atoms with Crippen molar-refractivity contribution in [1.29, 1.82) is 0 Å². The van der Waals surface area contributed by atoms with Gasteiger partial charge in [0.25, 0.3) is 5.91 Å². The largest absolute Gasteiger partial charge is 0.484 e. The van der Waals surface area contributed by atoms with Crippen LogP contribution in [0.2, 0.25) is 0 Å². The second-order valence-corrected chi connectivity index (χ2v) is 7.64. The number of thiazole rings is 1. The molecule has 28 heavy (non-hydrogen) atoms. The number of aromatic nitrogens is 1. The van der Waals surface area contributed by atoms with Gasteiger partial charge in [-0.25, -0.2) is 4.98 Å². The molecule has 0 spiro atoms. The number of ether oxygens (including phenoxy) is 2. The smallest absolute Gasteiger partial charge is 0.264 e. The van der Waals surface area contributed by atoms with Crippen molar-refractivity contribution in [1.82, 2.24) is 4.98 Å². The summed E-state index contributed by atoms with van der Waals surface area (Å²) in [5.41, 5.74) is 3.28. The van der Waals surface area contributed by atoms with E-state index in [9.17, 15) is 4.79 Å². The van der Waals surface area contributed by atoms with E-state index in [4.69, 9.17) is 9.47 Å². The summed E-state index contributed by atoms with van der Waals surface area (Å²) in [6.45, 7) is 5.35. The molecule has 1 aromatic heterocycles. The summed E-state index contributed by atoms with van der Waals surface area (Å²) in [4.78, 5) is 19.0. The Balaban J connectivity index is 1.37. The number of hydrogen-bond donors (Lipinski definition) is 1. The average Bonchev–Trinajstić information content (AvgIpc) is 3.14. The molecule has 0 saturated carbocycles. The Morgan fingerprint density at radius 1 is 1.21 bits per heavy atom. The summed E-state index contributed by atoms with van der Waals surface area (Å²) >= 11 is 1.47. The van der Waals surface area contributed by atoms with Gasteiger partial charge in [0, 0.05) is 18.8 Å². The predicted molar refractivity (Wildman–Crippen MR) is 113 cm³/mol. The molecule has 146 valence electrons. The predicted octanol–water partition coefficient (Wildman–Crippen LogP) is 3.71. The number of carbonyl (C=O) groups excluding carboxylic acids is 1. The number of amides is 1. The van der Waals surface area contributed by atoms with Crippen LogP contribution >= 0.6 is 11.3 Å². The molecule has 3 aromatic rings. The van der Waals surface area contributed by atoms with E-state index in [1.165, 1.54) is 16.9 Å². The maximum Gasteiger partial charge on any atom is 0.264 e. The van der Waals surface area contributed by atoms with Gasteiger partial charge in [0.05, 0.1) is 23.4 Å². The first kappa shape index (κ1) is 18.7. The SMILES string of the molecule is CCc1ccc(OCC(=O)Nc2nc3ccc(N4CCOCC4)cc3s2)cc1. The fraction of sp³-hybridized carbons (Fsp3) is 0.333. The Hall–Kier alpha value is -2.64. The summed E-state index contributed by atoms with van der Waals surface area (Å²) in [5, 5.41) is 3.42. The van der Waals surface area contributed by atoms with Crippen molar-refractivity contribution in [3.63, 3.8) is 0 Å². The lowest BCUT2D eigenvalue weighted by Crippen LogP contribution is -2.36. The van der Waals surface area contributed by atoms with Crippen molar-refractivity contribution in [3.8, 4) is 5.75 Å². The highest BCUT2D eigenvalue weighted by molar-refractivity contribution is 7.22. The third-order valence-corrected chi connectivity index (χ3v) is 5.63. The standard InChI is InChI=1S/C21H23N3O3S/c1-2-15-3-6-17(7-4-15)27-14-20(25)23-21-22-18-8-5-16(13-19(18)28-21)24-9-11-26-12-10-24/h3-8,13H,2,9-12,14H2,1H3,(H,22,23,25). The van der Waals surface area contributed by atoms with Crippen molar-refractivity contribution in [2.45, 2.75) is 13.3 Å². The second-order valence-electron chi connectivity index (χ2n) is 6.60. The summed E-state index contributed by atoms with van der Waals surface area (Å²) in [6.07, 6.45) is 0.978. The van der Waals surface area contributed by atoms with Crippen LogP contribution in [-0.2, 0) is 16.0 Å². The van der Waals surface area contributed by atoms with Crippen molar-refractivity contribution < 1.29 is 14.3 Å². The zero-order valence-electron chi connectivity index (χ0n) is 15.8. The van der Waals surface area contributed by atoms with E-state index < -0.39 is 0 Å². The minimum Gasteiger partial charge on any atom is -0.484 e. The Morgan fingerprint density at radius 3 is 2.75 bits per heavy atom. The van der Waals surface area contributed by atoms with Crippen LogP contribution in [0.4, 0.5) is 10.8 Å². The van der Waals surface area contributed by atoms with Gasteiger partial charge in [0.1, 0.15) is 5.75 Å². The third-order valence-electron chi connectivity index (χ3n) is 4.70. The zero-order valence-corrected chi connectivity index (χ0v) is 16.6. The molecule has 7 heteroatoms. The number of anilines is 2. The van der Waals surface area contributed by atoms with Crippen LogP contribution in [0.1, 0.15) is 12.5 Å². The van der Waals surface area contributed by atoms with Gasteiger partial charge < -0.3 is 14.4 Å². The number of nitrogens with zero attached hydrogens (tertiary/aromatic N) is 2. The maximum atomic E-state index is 12.2. The highest BCUT2D eigenvalue weighted by atomic mass is 32.1. The first-order valence-corrected chi connectivity index (χ1v) is 10.3. The van der Waals surface area contributed by atoms with Crippen LogP contribution in [0.3, 0.4) is 0 Å². The zero-order chi connectivity index (χ0) is 19.3. The molecule has 1 aliphatic heterocycles. The molecular formula is C21H23N3O3S. The summed E-state index contributed by atoms with van der Waals surface area (Å²) < 4.78 is 12.0. The van der Waals surface area contributed by atoms with Crippen LogP contribution in [0.15, 0.2) is 42.5 Å². The summed E-state index contributed by atoms with van der Waals surface area (Å²) in [7, 11) is 0. The number of benzene rings is 2. The molecule has 0 atom stereocenters. The fourth-order valence-corrected chi connectivity index (χ4v) is 4.03.